The maximum atomic E-state index is 13.1. The maximum absolute atomic E-state index is 13.1. The molecule has 0 saturated carbocycles. The monoisotopic (exact) mass is 988 g/mol. The van der Waals surface area contributed by atoms with E-state index in [1.54, 1.807) is 0 Å². The SMILES string of the molecule is COc1cc(C=CC(=O)OC2C(O)C(CO)OC2(CO)OCC2(OCC3(OC4OC(COC(=O)C=Cc5ccc(O)cc5)C(O)C(O)C4O)OC(CO)C(O)C3O)OC(CO)C(O)C2O)ccc1O. The molecule has 0 aromatic heterocycles. The fraction of sp³-hybridized carbons (Fsp3) is 0.581. The van der Waals surface area contributed by atoms with Gasteiger partial charge in [0.25, 0.3) is 0 Å². The molecule has 69 heavy (non-hydrogen) atoms. The van der Waals surface area contributed by atoms with Gasteiger partial charge in [0.2, 0.25) is 17.4 Å². The van der Waals surface area contributed by atoms with Crippen LogP contribution in [0, 0.1) is 0 Å². The van der Waals surface area contributed by atoms with Crippen molar-refractivity contribution in [2.75, 3.05) is 53.4 Å². The van der Waals surface area contributed by atoms with Crippen LogP contribution < -0.4 is 4.74 Å². The number of phenols is 2. The van der Waals surface area contributed by atoms with Crippen LogP contribution in [0.2, 0.25) is 0 Å². The number of benzene rings is 2. The molecule has 2 aromatic rings. The number of aromatic hydroxyl groups is 2. The molecule has 6 rings (SSSR count). The number of hydrogen-bond acceptors (Lipinski definition) is 26. The molecule has 4 aliphatic rings. The van der Waals surface area contributed by atoms with Crippen molar-refractivity contribution in [1.29, 1.82) is 0 Å². The van der Waals surface area contributed by atoms with Crippen molar-refractivity contribution < 1.29 is 128 Å². The zero-order valence-electron chi connectivity index (χ0n) is 36.5. The second kappa shape index (κ2) is 22.7. The predicted octanol–water partition coefficient (Wildman–Crippen LogP) is -5.80. The van der Waals surface area contributed by atoms with Gasteiger partial charge in [-0.3, -0.25) is 0 Å². The van der Waals surface area contributed by atoms with E-state index in [1.807, 2.05) is 0 Å². The molecule has 0 bridgehead atoms. The predicted molar refractivity (Wildman–Crippen MR) is 223 cm³/mol. The van der Waals surface area contributed by atoms with E-state index in [1.165, 1.54) is 61.7 Å². The molecule has 0 aliphatic carbocycles. The smallest absolute Gasteiger partial charge is 0.331 e. The first-order valence-corrected chi connectivity index (χ1v) is 21.2. The molecular formula is C43H56O26. The molecule has 0 amide bonds. The van der Waals surface area contributed by atoms with Gasteiger partial charge in [-0.15, -0.1) is 0 Å². The summed E-state index contributed by atoms with van der Waals surface area (Å²) in [5.41, 5.74) is 0.845. The van der Waals surface area contributed by atoms with Crippen LogP contribution in [0.15, 0.2) is 54.6 Å². The lowest BCUT2D eigenvalue weighted by Crippen LogP contribution is -2.64. The minimum atomic E-state index is -2.84. The lowest BCUT2D eigenvalue weighted by Gasteiger charge is -2.45. The number of esters is 2. The molecule has 4 saturated heterocycles. The minimum absolute atomic E-state index is 0.0201. The highest BCUT2D eigenvalue weighted by Gasteiger charge is 2.64. The van der Waals surface area contributed by atoms with E-state index < -0.39 is 161 Å². The van der Waals surface area contributed by atoms with Crippen LogP contribution in [-0.4, -0.2) is 240 Å². The van der Waals surface area contributed by atoms with Gasteiger partial charge in [-0.1, -0.05) is 18.2 Å². The molecule has 26 nitrogen and oxygen atoms in total. The van der Waals surface area contributed by atoms with Crippen molar-refractivity contribution in [1.82, 2.24) is 0 Å². The van der Waals surface area contributed by atoms with Crippen molar-refractivity contribution in [3.63, 3.8) is 0 Å². The van der Waals surface area contributed by atoms with Crippen molar-refractivity contribution >= 4 is 24.1 Å². The van der Waals surface area contributed by atoms with Gasteiger partial charge in [0, 0.05) is 12.2 Å². The molecule has 4 heterocycles. The average Bonchev–Trinajstić information content (AvgIpc) is 3.86. The molecule has 17 unspecified atom stereocenters. The third-order valence-corrected chi connectivity index (χ3v) is 11.8. The first kappa shape index (κ1) is 53.8. The molecule has 17 atom stereocenters. The van der Waals surface area contributed by atoms with E-state index in [9.17, 15) is 81.1 Å². The Balaban J connectivity index is 1.24. The van der Waals surface area contributed by atoms with Crippen molar-refractivity contribution in [2.45, 2.75) is 103 Å². The van der Waals surface area contributed by atoms with Gasteiger partial charge in [-0.25, -0.2) is 9.59 Å². The molecule has 26 heteroatoms. The third kappa shape index (κ3) is 11.5. The summed E-state index contributed by atoms with van der Waals surface area (Å²) in [5.74, 6) is -10.5. The topological polar surface area (TPSA) is 410 Å². The molecule has 4 aliphatic heterocycles. The Morgan fingerprint density at radius 2 is 1.16 bits per heavy atom. The van der Waals surface area contributed by atoms with Crippen molar-refractivity contribution in [3.8, 4) is 17.2 Å². The summed E-state index contributed by atoms with van der Waals surface area (Å²) >= 11 is 0. The largest absolute Gasteiger partial charge is 0.508 e. The van der Waals surface area contributed by atoms with Crippen LogP contribution in [0.4, 0.5) is 0 Å². The molecule has 384 valence electrons. The Labute approximate surface area is 391 Å². The van der Waals surface area contributed by atoms with Crippen molar-refractivity contribution in [2.24, 2.45) is 0 Å². The summed E-state index contributed by atoms with van der Waals surface area (Å²) in [6.07, 6.45) is -23.0. The van der Waals surface area contributed by atoms with Gasteiger partial charge in [0.15, 0.2) is 23.9 Å². The van der Waals surface area contributed by atoms with Gasteiger partial charge < -0.3 is 119 Å². The highest BCUT2D eigenvalue weighted by Crippen LogP contribution is 2.42. The average molecular weight is 989 g/mol. The number of ether oxygens (including phenoxy) is 10. The highest BCUT2D eigenvalue weighted by atomic mass is 16.8. The second-order valence-corrected chi connectivity index (χ2v) is 16.4. The number of phenolic OH excluding ortho intramolecular Hbond substituents is 2. The highest BCUT2D eigenvalue weighted by molar-refractivity contribution is 5.87. The molecule has 2 aromatic carbocycles. The standard InChI is InChI=1S/C43H56O26/c1-60-24-12-21(4-9-23(24)49)6-11-30(51)65-39-34(55)27(15-46)66-41(39,17-47)62-18-42(37(58)32(53)25(13-44)67-42)63-19-43(38(59)33(54)26(14-45)68-43)69-40-36(57)35(56)31(52)28(64-40)16-61-29(50)10-5-20-2-7-22(48)8-3-20/h2-12,25-28,31-40,44-49,52-59H,13-19H2,1H3. The van der Waals surface area contributed by atoms with Gasteiger partial charge >= 0.3 is 11.9 Å². The van der Waals surface area contributed by atoms with Crippen LogP contribution in [0.3, 0.4) is 0 Å². The van der Waals surface area contributed by atoms with Gasteiger partial charge in [0.1, 0.15) is 105 Å². The van der Waals surface area contributed by atoms with E-state index in [0.717, 1.165) is 12.2 Å². The second-order valence-electron chi connectivity index (χ2n) is 16.4. The van der Waals surface area contributed by atoms with E-state index >= 15 is 0 Å². The number of aliphatic hydroxyl groups is 12. The lowest BCUT2D eigenvalue weighted by atomic mass is 9.98. The summed E-state index contributed by atoms with van der Waals surface area (Å²) in [4.78, 5) is 25.7. The zero-order valence-corrected chi connectivity index (χ0v) is 36.5. The minimum Gasteiger partial charge on any atom is -0.508 e. The first-order valence-electron chi connectivity index (χ1n) is 21.2. The molecule has 0 spiro atoms. The molecular weight excluding hydrogens is 932 g/mol. The van der Waals surface area contributed by atoms with Crippen LogP contribution >= 0.6 is 0 Å². The van der Waals surface area contributed by atoms with E-state index in [4.69, 9.17) is 47.4 Å². The quantitative estimate of drug-likeness (QED) is 0.0434. The normalized spacial score (nSPS) is 38.0. The summed E-state index contributed by atoms with van der Waals surface area (Å²) < 4.78 is 56.2. The number of carbonyl (C=O) groups is 2. The number of methoxy groups -OCH3 is 1. The zero-order chi connectivity index (χ0) is 50.4. The maximum Gasteiger partial charge on any atom is 0.331 e. The Bertz CT molecular complexity index is 2090. The summed E-state index contributed by atoms with van der Waals surface area (Å²) in [7, 11) is 1.30. The summed E-state index contributed by atoms with van der Waals surface area (Å²) in [6.45, 7) is -7.43. The first-order chi connectivity index (χ1) is 32.8. The molecule has 0 radical (unpaired) electrons. The fourth-order valence-corrected chi connectivity index (χ4v) is 7.86. The van der Waals surface area contributed by atoms with E-state index in [2.05, 4.69) is 0 Å². The van der Waals surface area contributed by atoms with Crippen LogP contribution in [0.5, 0.6) is 17.2 Å². The Hall–Kier alpha value is -4.50. The Morgan fingerprint density at radius 3 is 1.77 bits per heavy atom. The lowest BCUT2D eigenvalue weighted by molar-refractivity contribution is -0.404. The Morgan fingerprint density at radius 1 is 0.623 bits per heavy atom. The fourth-order valence-electron chi connectivity index (χ4n) is 7.86. The van der Waals surface area contributed by atoms with Crippen LogP contribution in [0.1, 0.15) is 11.1 Å². The summed E-state index contributed by atoms with van der Waals surface area (Å²) in [5, 5.41) is 149. The van der Waals surface area contributed by atoms with Crippen molar-refractivity contribution in [3.05, 3.63) is 65.7 Å². The van der Waals surface area contributed by atoms with E-state index in [-0.39, 0.29) is 17.2 Å². The number of rotatable bonds is 20. The van der Waals surface area contributed by atoms with Gasteiger partial charge in [0.05, 0.1) is 26.9 Å². The van der Waals surface area contributed by atoms with Gasteiger partial charge in [-0.2, -0.15) is 0 Å². The van der Waals surface area contributed by atoms with Crippen LogP contribution in [-0.2, 0) is 52.2 Å². The van der Waals surface area contributed by atoms with Crippen LogP contribution in [0.25, 0.3) is 12.2 Å². The number of carbonyl (C=O) groups excluding carboxylic acids is 2. The molecule has 4 fully saturated rings. The third-order valence-electron chi connectivity index (χ3n) is 11.8. The Kier molecular flexibility index (Phi) is 17.7. The summed E-state index contributed by atoms with van der Waals surface area (Å²) in [6, 6.07) is 9.81. The van der Waals surface area contributed by atoms with E-state index in [0.29, 0.717) is 11.1 Å². The molecule has 14 N–H and O–H groups in total. The van der Waals surface area contributed by atoms with Gasteiger partial charge in [-0.05, 0) is 47.5 Å². The number of hydrogen-bond donors (Lipinski definition) is 14. The number of aliphatic hydroxyl groups excluding tert-OH is 12.